The van der Waals surface area contributed by atoms with Crippen molar-refractivity contribution < 1.29 is 14.7 Å². The molecule has 3 aromatic rings. The molecule has 2 amide bonds. The molecule has 0 saturated carbocycles. The maximum absolute atomic E-state index is 14.0. The molecule has 4 aliphatic rings. The summed E-state index contributed by atoms with van der Waals surface area (Å²) in [6.07, 6.45) is -0.836. The number of benzene rings is 3. The number of nitrogens with zero attached hydrogens (tertiary/aromatic N) is 1. The Morgan fingerprint density at radius 3 is 1.97 bits per heavy atom. The van der Waals surface area contributed by atoms with E-state index < -0.39 is 23.4 Å². The van der Waals surface area contributed by atoms with Gasteiger partial charge in [0.25, 0.3) is 0 Å². The fourth-order valence-corrected chi connectivity index (χ4v) is 6.59. The number of carbonyl (C=O) groups is 2. The zero-order chi connectivity index (χ0) is 21.5. The van der Waals surface area contributed by atoms with Gasteiger partial charge in [-0.25, -0.2) is 4.90 Å². The van der Waals surface area contributed by atoms with Gasteiger partial charge in [-0.3, -0.25) is 9.59 Å². The zero-order valence-electron chi connectivity index (χ0n) is 17.4. The average molecular weight is 409 g/mol. The van der Waals surface area contributed by atoms with Crippen LogP contribution < -0.4 is 4.90 Å². The van der Waals surface area contributed by atoms with Crippen LogP contribution in [0.5, 0.6) is 0 Å². The molecule has 1 aliphatic heterocycles. The monoisotopic (exact) mass is 409 g/mol. The molecule has 4 nitrogen and oxygen atoms in total. The van der Waals surface area contributed by atoms with Gasteiger partial charge >= 0.3 is 0 Å². The lowest BCUT2D eigenvalue weighted by molar-refractivity contribution is -0.126. The molecule has 2 bridgehead atoms. The number of aliphatic hydroxyl groups excluding tert-OH is 1. The molecular weight excluding hydrogens is 386 g/mol. The Labute approximate surface area is 181 Å². The van der Waals surface area contributed by atoms with E-state index in [1.165, 1.54) is 4.90 Å². The Morgan fingerprint density at radius 1 is 0.839 bits per heavy atom. The molecule has 1 heterocycles. The number of aliphatic hydroxyl groups is 1. The van der Waals surface area contributed by atoms with Gasteiger partial charge in [0, 0.05) is 5.92 Å². The van der Waals surface area contributed by atoms with Gasteiger partial charge in [-0.1, -0.05) is 66.7 Å². The topological polar surface area (TPSA) is 57.6 Å². The summed E-state index contributed by atoms with van der Waals surface area (Å²) in [5, 5.41) is 11.3. The molecule has 0 aromatic heterocycles. The van der Waals surface area contributed by atoms with E-state index in [9.17, 15) is 14.7 Å². The summed E-state index contributed by atoms with van der Waals surface area (Å²) in [6, 6.07) is 23.5. The van der Waals surface area contributed by atoms with Crippen LogP contribution in [0.25, 0.3) is 0 Å². The SMILES string of the molecule is Cc1ccccc1N1C(=O)[C@H]2C3c4ccccc4C([C@@H](C)O)(c4ccccc43)[C@H]2C1=O. The van der Waals surface area contributed by atoms with Crippen LogP contribution in [0.2, 0.25) is 0 Å². The molecule has 4 heteroatoms. The van der Waals surface area contributed by atoms with Crippen LogP contribution in [-0.2, 0) is 15.0 Å². The number of carbonyl (C=O) groups excluding carboxylic acids is 2. The second kappa shape index (κ2) is 6.14. The van der Waals surface area contributed by atoms with E-state index in [1.807, 2.05) is 67.6 Å². The van der Waals surface area contributed by atoms with Gasteiger partial charge in [0.2, 0.25) is 11.8 Å². The number of hydrogen-bond donors (Lipinski definition) is 1. The van der Waals surface area contributed by atoms with Gasteiger partial charge in [0.1, 0.15) is 0 Å². The first-order valence-corrected chi connectivity index (χ1v) is 10.8. The highest BCUT2D eigenvalue weighted by atomic mass is 16.3. The molecule has 1 fully saturated rings. The lowest BCUT2D eigenvalue weighted by Crippen LogP contribution is -2.58. The van der Waals surface area contributed by atoms with Crippen LogP contribution in [0.4, 0.5) is 5.69 Å². The van der Waals surface area contributed by atoms with E-state index in [4.69, 9.17) is 0 Å². The summed E-state index contributed by atoms with van der Waals surface area (Å²) in [4.78, 5) is 29.3. The highest BCUT2D eigenvalue weighted by molar-refractivity contribution is 6.24. The Kier molecular flexibility index (Phi) is 3.67. The zero-order valence-corrected chi connectivity index (χ0v) is 17.4. The van der Waals surface area contributed by atoms with Crippen molar-refractivity contribution in [1.29, 1.82) is 0 Å². The van der Waals surface area contributed by atoms with E-state index >= 15 is 0 Å². The van der Waals surface area contributed by atoms with E-state index in [0.717, 1.165) is 27.8 Å². The Balaban J connectivity index is 1.68. The lowest BCUT2D eigenvalue weighted by Gasteiger charge is -2.55. The Hall–Kier alpha value is -3.24. The molecular formula is C27H23NO3. The minimum atomic E-state index is -0.948. The maximum Gasteiger partial charge on any atom is 0.239 e. The number of rotatable bonds is 2. The van der Waals surface area contributed by atoms with Crippen molar-refractivity contribution in [1.82, 2.24) is 0 Å². The van der Waals surface area contributed by atoms with E-state index in [-0.39, 0.29) is 17.7 Å². The fourth-order valence-electron chi connectivity index (χ4n) is 6.59. The smallest absolute Gasteiger partial charge is 0.239 e. The summed E-state index contributed by atoms with van der Waals surface area (Å²) in [5.41, 5.74) is 4.63. The molecule has 1 saturated heterocycles. The number of para-hydroxylation sites is 1. The summed E-state index contributed by atoms with van der Waals surface area (Å²) in [7, 11) is 0. The van der Waals surface area contributed by atoms with Crippen LogP contribution in [0, 0.1) is 18.8 Å². The van der Waals surface area contributed by atoms with E-state index in [1.54, 1.807) is 6.92 Å². The summed E-state index contributed by atoms with van der Waals surface area (Å²) < 4.78 is 0. The third kappa shape index (κ3) is 2.04. The molecule has 0 spiro atoms. The number of aryl methyl sites for hydroxylation is 1. The molecule has 3 aromatic carbocycles. The first-order valence-electron chi connectivity index (χ1n) is 10.8. The Bertz CT molecular complexity index is 1210. The third-order valence-electron chi connectivity index (χ3n) is 7.70. The predicted molar refractivity (Wildman–Crippen MR) is 118 cm³/mol. The minimum absolute atomic E-state index is 0.164. The van der Waals surface area contributed by atoms with Crippen molar-refractivity contribution in [3.63, 3.8) is 0 Å². The third-order valence-corrected chi connectivity index (χ3v) is 7.70. The number of anilines is 1. The number of hydrogen-bond acceptors (Lipinski definition) is 3. The number of imide groups is 1. The molecule has 1 N–H and O–H groups in total. The van der Waals surface area contributed by atoms with E-state index in [0.29, 0.717) is 5.69 Å². The van der Waals surface area contributed by atoms with Gasteiger partial charge in [-0.15, -0.1) is 0 Å². The van der Waals surface area contributed by atoms with Gasteiger partial charge in [0.05, 0.1) is 29.0 Å². The minimum Gasteiger partial charge on any atom is -0.392 e. The summed E-state index contributed by atoms with van der Waals surface area (Å²) in [5.74, 6) is -1.72. The van der Waals surface area contributed by atoms with Gasteiger partial charge in [0.15, 0.2) is 0 Å². The standard InChI is InChI=1S/C27H23NO3/c1-15-9-3-8-14-21(15)28-25(30)23-22-17-10-4-6-12-19(17)27(16(2)29,24(23)26(28)31)20-13-7-5-11-18(20)22/h3-14,16,22-24,29H,1-2H3/t16-,22?,23+,24-,27?/m1/s1. The molecule has 154 valence electrons. The summed E-state index contributed by atoms with van der Waals surface area (Å²) >= 11 is 0. The molecule has 7 rings (SSSR count). The highest BCUT2D eigenvalue weighted by Gasteiger charge is 2.69. The quantitative estimate of drug-likeness (QED) is 0.653. The fraction of sp³-hybridized carbons (Fsp3) is 0.259. The van der Waals surface area contributed by atoms with Crippen molar-refractivity contribution in [2.24, 2.45) is 11.8 Å². The van der Waals surface area contributed by atoms with Crippen LogP contribution in [0.3, 0.4) is 0 Å². The normalized spacial score (nSPS) is 28.9. The molecule has 0 unspecified atom stereocenters. The van der Waals surface area contributed by atoms with Crippen molar-refractivity contribution in [2.45, 2.75) is 31.3 Å². The van der Waals surface area contributed by atoms with E-state index in [2.05, 4.69) is 12.1 Å². The first-order chi connectivity index (χ1) is 15.0. The molecule has 0 radical (unpaired) electrons. The van der Waals surface area contributed by atoms with Gasteiger partial charge < -0.3 is 5.11 Å². The van der Waals surface area contributed by atoms with Crippen LogP contribution in [0.15, 0.2) is 72.8 Å². The molecule has 3 atom stereocenters. The lowest BCUT2D eigenvalue weighted by atomic mass is 9.46. The molecule has 31 heavy (non-hydrogen) atoms. The summed E-state index contributed by atoms with van der Waals surface area (Å²) in [6.45, 7) is 3.67. The van der Waals surface area contributed by atoms with Crippen molar-refractivity contribution in [3.05, 3.63) is 101 Å². The molecule has 3 aliphatic carbocycles. The van der Waals surface area contributed by atoms with Crippen LogP contribution >= 0.6 is 0 Å². The van der Waals surface area contributed by atoms with Crippen molar-refractivity contribution in [2.75, 3.05) is 4.90 Å². The maximum atomic E-state index is 14.0. The van der Waals surface area contributed by atoms with Gasteiger partial charge in [-0.2, -0.15) is 0 Å². The second-order valence-corrected chi connectivity index (χ2v) is 9.00. The largest absolute Gasteiger partial charge is 0.392 e. The van der Waals surface area contributed by atoms with Gasteiger partial charge in [-0.05, 0) is 47.7 Å². The van der Waals surface area contributed by atoms with Crippen molar-refractivity contribution >= 4 is 17.5 Å². The van der Waals surface area contributed by atoms with Crippen LogP contribution in [0.1, 0.15) is 40.7 Å². The Morgan fingerprint density at radius 2 is 1.39 bits per heavy atom. The first kappa shape index (κ1) is 18.5. The predicted octanol–water partition coefficient (Wildman–Crippen LogP) is 3.93. The highest BCUT2D eigenvalue weighted by Crippen LogP contribution is 2.65. The van der Waals surface area contributed by atoms with Crippen LogP contribution in [-0.4, -0.2) is 23.0 Å². The second-order valence-electron chi connectivity index (χ2n) is 9.00. The van der Waals surface area contributed by atoms with Crippen molar-refractivity contribution in [3.8, 4) is 0 Å². The number of amides is 2. The average Bonchev–Trinajstić information content (AvgIpc) is 3.05.